The minimum atomic E-state index is -1.08. The highest BCUT2D eigenvalue weighted by Gasteiger charge is 2.17. The van der Waals surface area contributed by atoms with Crippen LogP contribution < -0.4 is 5.32 Å². The van der Waals surface area contributed by atoms with E-state index in [9.17, 15) is 9.59 Å². The molecule has 0 aliphatic heterocycles. The van der Waals surface area contributed by atoms with E-state index in [1.54, 1.807) is 13.8 Å². The first-order chi connectivity index (χ1) is 9.45. The van der Waals surface area contributed by atoms with E-state index in [1.165, 1.54) is 12.0 Å². The third kappa shape index (κ3) is 4.54. The second-order valence-corrected chi connectivity index (χ2v) is 4.27. The van der Waals surface area contributed by atoms with Crippen molar-refractivity contribution in [2.75, 3.05) is 26.8 Å². The molecule has 112 valence electrons. The number of amides is 2. The van der Waals surface area contributed by atoms with Crippen molar-refractivity contribution in [2.45, 2.75) is 20.4 Å². The Labute approximate surface area is 116 Å². The second kappa shape index (κ2) is 7.49. The molecule has 1 rings (SSSR count). The molecule has 0 bridgehead atoms. The van der Waals surface area contributed by atoms with Gasteiger partial charge < -0.3 is 24.6 Å². The maximum absolute atomic E-state index is 11.9. The minimum absolute atomic E-state index is 0.205. The van der Waals surface area contributed by atoms with E-state index in [1.807, 2.05) is 0 Å². The lowest BCUT2D eigenvalue weighted by Gasteiger charge is -2.20. The number of aliphatic carboxylic acids is 1. The van der Waals surface area contributed by atoms with Crippen molar-refractivity contribution in [3.8, 4) is 0 Å². The zero-order chi connectivity index (χ0) is 15.1. The summed E-state index contributed by atoms with van der Waals surface area (Å²) in [5.74, 6) is -0.446. The van der Waals surface area contributed by atoms with Crippen LogP contribution in [0.5, 0.6) is 0 Å². The van der Waals surface area contributed by atoms with Crippen LogP contribution in [0.25, 0.3) is 0 Å². The van der Waals surface area contributed by atoms with Gasteiger partial charge in [-0.05, 0) is 13.8 Å². The molecule has 1 aromatic heterocycles. The number of aromatic nitrogens is 1. The largest absolute Gasteiger partial charge is 0.480 e. The number of methoxy groups -OCH3 is 1. The van der Waals surface area contributed by atoms with E-state index in [0.717, 1.165) is 5.56 Å². The molecule has 8 heteroatoms. The van der Waals surface area contributed by atoms with E-state index in [0.29, 0.717) is 11.5 Å². The fourth-order valence-corrected chi connectivity index (χ4v) is 1.65. The van der Waals surface area contributed by atoms with Crippen molar-refractivity contribution in [2.24, 2.45) is 0 Å². The van der Waals surface area contributed by atoms with E-state index in [2.05, 4.69) is 10.5 Å². The summed E-state index contributed by atoms with van der Waals surface area (Å²) < 4.78 is 9.84. The van der Waals surface area contributed by atoms with Gasteiger partial charge in [0.1, 0.15) is 12.3 Å². The molecule has 20 heavy (non-hydrogen) atoms. The molecule has 0 saturated carbocycles. The Hall–Kier alpha value is -2.09. The smallest absolute Gasteiger partial charge is 0.323 e. The fourth-order valence-electron chi connectivity index (χ4n) is 1.65. The second-order valence-electron chi connectivity index (χ2n) is 4.27. The van der Waals surface area contributed by atoms with Gasteiger partial charge >= 0.3 is 12.0 Å². The molecule has 0 radical (unpaired) electrons. The molecular weight excluding hydrogens is 266 g/mol. The van der Waals surface area contributed by atoms with Crippen molar-refractivity contribution in [3.63, 3.8) is 0 Å². The van der Waals surface area contributed by atoms with Crippen LogP contribution in [-0.2, 0) is 16.1 Å². The summed E-state index contributed by atoms with van der Waals surface area (Å²) in [6.07, 6.45) is 0. The summed E-state index contributed by atoms with van der Waals surface area (Å²) in [6.45, 7) is 3.86. The Balaban J connectivity index is 2.59. The van der Waals surface area contributed by atoms with Crippen LogP contribution in [0.4, 0.5) is 4.79 Å². The van der Waals surface area contributed by atoms with Gasteiger partial charge in [-0.15, -0.1) is 0 Å². The Morgan fingerprint density at radius 3 is 2.65 bits per heavy atom. The number of carboxylic acids is 1. The molecule has 0 aromatic carbocycles. The molecule has 0 unspecified atom stereocenters. The highest BCUT2D eigenvalue weighted by molar-refractivity contribution is 5.80. The number of carbonyl (C=O) groups is 2. The molecule has 0 atom stereocenters. The van der Waals surface area contributed by atoms with Crippen molar-refractivity contribution in [3.05, 3.63) is 17.0 Å². The van der Waals surface area contributed by atoms with Crippen LogP contribution in [0.15, 0.2) is 4.52 Å². The Bertz CT molecular complexity index is 452. The SMILES string of the molecule is COCCN(CC(=O)O)C(=O)NCc1c(C)noc1C. The van der Waals surface area contributed by atoms with E-state index in [-0.39, 0.29) is 26.2 Å². The normalized spacial score (nSPS) is 10.3. The predicted octanol–water partition coefficient (Wildman–Crippen LogP) is 0.534. The predicted molar refractivity (Wildman–Crippen MR) is 69.3 cm³/mol. The number of nitrogens with one attached hydrogen (secondary N) is 1. The molecule has 0 fully saturated rings. The Morgan fingerprint density at radius 2 is 2.15 bits per heavy atom. The number of nitrogens with zero attached hydrogens (tertiary/aromatic N) is 2. The topological polar surface area (TPSA) is 105 Å². The number of rotatable bonds is 7. The van der Waals surface area contributed by atoms with Crippen LogP contribution in [0, 0.1) is 13.8 Å². The molecule has 1 aromatic rings. The molecule has 0 saturated heterocycles. The first-order valence-corrected chi connectivity index (χ1v) is 6.11. The third-order valence-electron chi connectivity index (χ3n) is 2.78. The molecule has 2 N–H and O–H groups in total. The van der Waals surface area contributed by atoms with Crippen LogP contribution in [0.2, 0.25) is 0 Å². The zero-order valence-electron chi connectivity index (χ0n) is 11.8. The van der Waals surface area contributed by atoms with Gasteiger partial charge in [-0.3, -0.25) is 4.79 Å². The standard InChI is InChI=1S/C12H19N3O5/c1-8-10(9(2)20-14-8)6-13-12(18)15(4-5-19-3)7-11(16)17/h4-7H2,1-3H3,(H,13,18)(H,16,17). The third-order valence-corrected chi connectivity index (χ3v) is 2.78. The monoisotopic (exact) mass is 285 g/mol. The van der Waals surface area contributed by atoms with Crippen LogP contribution >= 0.6 is 0 Å². The first-order valence-electron chi connectivity index (χ1n) is 6.11. The lowest BCUT2D eigenvalue weighted by Crippen LogP contribution is -2.44. The summed E-state index contributed by atoms with van der Waals surface area (Å²) in [5, 5.41) is 15.2. The van der Waals surface area contributed by atoms with Gasteiger partial charge in [0.15, 0.2) is 0 Å². The van der Waals surface area contributed by atoms with E-state index < -0.39 is 12.0 Å². The Kier molecular flexibility index (Phi) is 5.98. The van der Waals surface area contributed by atoms with Gasteiger partial charge in [0.05, 0.1) is 12.3 Å². The molecule has 2 amide bonds. The highest BCUT2D eigenvalue weighted by Crippen LogP contribution is 2.11. The van der Waals surface area contributed by atoms with Crippen LogP contribution in [0.1, 0.15) is 17.0 Å². The van der Waals surface area contributed by atoms with E-state index >= 15 is 0 Å². The average molecular weight is 285 g/mol. The van der Waals surface area contributed by atoms with Gasteiger partial charge in [-0.1, -0.05) is 5.16 Å². The number of hydrogen-bond donors (Lipinski definition) is 2. The molecule has 1 heterocycles. The average Bonchev–Trinajstić information content (AvgIpc) is 2.71. The molecular formula is C12H19N3O5. The van der Waals surface area contributed by atoms with Crippen LogP contribution in [0.3, 0.4) is 0 Å². The first kappa shape index (κ1) is 16.0. The van der Waals surface area contributed by atoms with Crippen molar-refractivity contribution < 1.29 is 24.0 Å². The Morgan fingerprint density at radius 1 is 1.45 bits per heavy atom. The van der Waals surface area contributed by atoms with Gasteiger partial charge in [0.25, 0.3) is 0 Å². The highest BCUT2D eigenvalue weighted by atomic mass is 16.5. The van der Waals surface area contributed by atoms with E-state index in [4.69, 9.17) is 14.4 Å². The molecule has 8 nitrogen and oxygen atoms in total. The minimum Gasteiger partial charge on any atom is -0.480 e. The number of carboxylic acid groups (broad SMARTS) is 1. The summed E-state index contributed by atoms with van der Waals surface area (Å²) in [4.78, 5) is 23.8. The lowest BCUT2D eigenvalue weighted by molar-refractivity contribution is -0.137. The maximum atomic E-state index is 11.9. The molecule has 0 aliphatic carbocycles. The number of urea groups is 1. The van der Waals surface area contributed by atoms with Gasteiger partial charge in [-0.25, -0.2) is 4.79 Å². The summed E-state index contributed by atoms with van der Waals surface area (Å²) in [7, 11) is 1.49. The molecule has 0 aliphatic rings. The van der Waals surface area contributed by atoms with Crippen molar-refractivity contribution in [1.29, 1.82) is 0 Å². The van der Waals surface area contributed by atoms with Gasteiger partial charge in [0.2, 0.25) is 0 Å². The summed E-state index contributed by atoms with van der Waals surface area (Å²) in [6, 6.07) is -0.468. The number of aryl methyl sites for hydroxylation is 2. The zero-order valence-corrected chi connectivity index (χ0v) is 11.8. The lowest BCUT2D eigenvalue weighted by atomic mass is 10.2. The summed E-state index contributed by atoms with van der Waals surface area (Å²) in [5.41, 5.74) is 1.49. The van der Waals surface area contributed by atoms with Crippen molar-refractivity contribution >= 4 is 12.0 Å². The maximum Gasteiger partial charge on any atom is 0.323 e. The number of carbonyl (C=O) groups excluding carboxylic acids is 1. The quantitative estimate of drug-likeness (QED) is 0.757. The number of ether oxygens (including phenoxy) is 1. The molecule has 0 spiro atoms. The fraction of sp³-hybridized carbons (Fsp3) is 0.583. The van der Waals surface area contributed by atoms with Crippen molar-refractivity contribution in [1.82, 2.24) is 15.4 Å². The van der Waals surface area contributed by atoms with Gasteiger partial charge in [0, 0.05) is 25.8 Å². The van der Waals surface area contributed by atoms with Gasteiger partial charge in [-0.2, -0.15) is 0 Å². The number of hydrogen-bond acceptors (Lipinski definition) is 5. The summed E-state index contributed by atoms with van der Waals surface area (Å²) >= 11 is 0. The van der Waals surface area contributed by atoms with Crippen LogP contribution in [-0.4, -0.2) is 54.0 Å².